The largest absolute Gasteiger partial charge is 0.461 e. The lowest BCUT2D eigenvalue weighted by atomic mass is 10.0. The van der Waals surface area contributed by atoms with Gasteiger partial charge in [0.15, 0.2) is 6.10 Å². The number of benzene rings is 1. The third-order valence-electron chi connectivity index (χ3n) is 2.08. The first-order valence-electron chi connectivity index (χ1n) is 4.88. The third kappa shape index (κ3) is 3.14. The molecule has 1 aromatic carbocycles. The third-order valence-corrected chi connectivity index (χ3v) is 2.33. The van der Waals surface area contributed by atoms with Crippen LogP contribution in [0.25, 0.3) is 0 Å². The quantitative estimate of drug-likeness (QED) is 0.850. The van der Waals surface area contributed by atoms with Gasteiger partial charge in [0.05, 0.1) is 6.61 Å². The molecule has 0 saturated carbocycles. The van der Waals surface area contributed by atoms with Crippen molar-refractivity contribution in [1.29, 1.82) is 0 Å². The van der Waals surface area contributed by atoms with Crippen LogP contribution in [0, 0.1) is 0 Å². The zero-order valence-electron chi connectivity index (χ0n) is 8.99. The summed E-state index contributed by atoms with van der Waals surface area (Å²) < 4.78 is 31.1. The second-order valence-electron chi connectivity index (χ2n) is 3.30. The van der Waals surface area contributed by atoms with Gasteiger partial charge in [-0.15, -0.1) is 0 Å². The summed E-state index contributed by atoms with van der Waals surface area (Å²) in [6.45, 7) is 1.23. The van der Waals surface area contributed by atoms with Crippen LogP contribution in [0.2, 0.25) is 5.02 Å². The predicted octanol–water partition coefficient (Wildman–Crippen LogP) is 2.57. The first-order chi connectivity index (χ1) is 7.89. The summed E-state index contributed by atoms with van der Waals surface area (Å²) in [6, 6.07) is 5.14. The number of hydrogen-bond donors (Lipinski definition) is 1. The molecule has 0 spiro atoms. The number of alkyl halides is 2. The first-order valence-corrected chi connectivity index (χ1v) is 5.26. The fraction of sp³-hybridized carbons (Fsp3) is 0.364. The number of carbonyl (C=O) groups is 1. The molecule has 17 heavy (non-hydrogen) atoms. The molecule has 1 unspecified atom stereocenters. The molecular formula is C11H11ClF2O3. The number of hydrogen-bond acceptors (Lipinski definition) is 3. The molecule has 0 aromatic heterocycles. The topological polar surface area (TPSA) is 46.5 Å². The molecule has 0 radical (unpaired) electrons. The summed E-state index contributed by atoms with van der Waals surface area (Å²) in [5.74, 6) is -5.73. The maximum absolute atomic E-state index is 13.4. The summed E-state index contributed by atoms with van der Waals surface area (Å²) in [7, 11) is 0. The number of aliphatic hydroxyl groups is 1. The van der Waals surface area contributed by atoms with E-state index in [2.05, 4.69) is 4.74 Å². The molecular weight excluding hydrogens is 254 g/mol. The molecule has 0 heterocycles. The Morgan fingerprint density at radius 2 is 2.00 bits per heavy atom. The molecule has 0 aliphatic heterocycles. The van der Waals surface area contributed by atoms with Gasteiger partial charge in [-0.3, -0.25) is 0 Å². The summed E-state index contributed by atoms with van der Waals surface area (Å²) in [6.07, 6.45) is -2.25. The lowest BCUT2D eigenvalue weighted by Gasteiger charge is -2.20. The Morgan fingerprint density at radius 1 is 1.47 bits per heavy atom. The van der Waals surface area contributed by atoms with Crippen molar-refractivity contribution in [3.05, 3.63) is 34.9 Å². The molecule has 0 fully saturated rings. The van der Waals surface area contributed by atoms with E-state index in [1.165, 1.54) is 31.2 Å². The van der Waals surface area contributed by atoms with E-state index in [1.807, 2.05) is 0 Å². The Morgan fingerprint density at radius 3 is 2.47 bits per heavy atom. The minimum atomic E-state index is -3.98. The van der Waals surface area contributed by atoms with Gasteiger partial charge in [0, 0.05) is 5.02 Å². The highest BCUT2D eigenvalue weighted by molar-refractivity contribution is 6.30. The summed E-state index contributed by atoms with van der Waals surface area (Å²) in [4.78, 5) is 11.0. The van der Waals surface area contributed by atoms with Crippen LogP contribution in [0.3, 0.4) is 0 Å². The molecule has 1 aromatic rings. The molecule has 0 aliphatic carbocycles. The predicted molar refractivity (Wildman–Crippen MR) is 58.0 cm³/mol. The minimum Gasteiger partial charge on any atom is -0.461 e. The zero-order valence-corrected chi connectivity index (χ0v) is 9.75. The average molecular weight is 265 g/mol. The van der Waals surface area contributed by atoms with Gasteiger partial charge < -0.3 is 9.84 Å². The minimum absolute atomic E-state index is 0.104. The average Bonchev–Trinajstić information content (AvgIpc) is 2.29. The SMILES string of the molecule is CCOC(=O)C(F)(F)C(O)c1ccc(Cl)cc1. The van der Waals surface area contributed by atoms with E-state index >= 15 is 0 Å². The van der Waals surface area contributed by atoms with E-state index in [9.17, 15) is 18.7 Å². The standard InChI is InChI=1S/C11H11ClF2O3/c1-2-17-10(16)11(13,14)9(15)7-3-5-8(12)6-4-7/h3-6,9,15H,2H2,1H3. The van der Waals surface area contributed by atoms with Crippen LogP contribution in [0.4, 0.5) is 8.78 Å². The smallest absolute Gasteiger partial charge is 0.380 e. The van der Waals surface area contributed by atoms with Crippen molar-refractivity contribution in [3.63, 3.8) is 0 Å². The molecule has 94 valence electrons. The van der Waals surface area contributed by atoms with Crippen molar-refractivity contribution in [2.24, 2.45) is 0 Å². The highest BCUT2D eigenvalue weighted by Gasteiger charge is 2.48. The van der Waals surface area contributed by atoms with Crippen LogP contribution < -0.4 is 0 Å². The monoisotopic (exact) mass is 264 g/mol. The number of halogens is 3. The second-order valence-corrected chi connectivity index (χ2v) is 3.73. The maximum Gasteiger partial charge on any atom is 0.380 e. The lowest BCUT2D eigenvalue weighted by Crippen LogP contribution is -2.37. The normalized spacial score (nSPS) is 13.2. The summed E-state index contributed by atoms with van der Waals surface area (Å²) in [5.41, 5.74) is -0.104. The first kappa shape index (κ1) is 13.9. The molecule has 0 saturated heterocycles. The van der Waals surface area contributed by atoms with Gasteiger partial charge >= 0.3 is 11.9 Å². The van der Waals surface area contributed by atoms with Gasteiger partial charge in [0.25, 0.3) is 0 Å². The fourth-order valence-electron chi connectivity index (χ4n) is 1.19. The van der Waals surface area contributed by atoms with Crippen LogP contribution in [-0.2, 0) is 9.53 Å². The van der Waals surface area contributed by atoms with Crippen molar-refractivity contribution < 1.29 is 23.4 Å². The van der Waals surface area contributed by atoms with Crippen LogP contribution in [0.15, 0.2) is 24.3 Å². The van der Waals surface area contributed by atoms with Crippen molar-refractivity contribution in [1.82, 2.24) is 0 Å². The second kappa shape index (κ2) is 5.42. The van der Waals surface area contributed by atoms with E-state index in [4.69, 9.17) is 11.6 Å². The fourth-order valence-corrected chi connectivity index (χ4v) is 1.32. The number of carbonyl (C=O) groups excluding carboxylic acids is 1. The van der Waals surface area contributed by atoms with Crippen LogP contribution in [0.5, 0.6) is 0 Å². The molecule has 3 nitrogen and oxygen atoms in total. The molecule has 0 aliphatic rings. The van der Waals surface area contributed by atoms with Gasteiger partial charge in [0.1, 0.15) is 0 Å². The molecule has 0 bridgehead atoms. The van der Waals surface area contributed by atoms with Crippen molar-refractivity contribution in [2.45, 2.75) is 19.0 Å². The zero-order chi connectivity index (χ0) is 13.1. The summed E-state index contributed by atoms with van der Waals surface area (Å²) in [5, 5.41) is 9.79. The van der Waals surface area contributed by atoms with E-state index in [0.717, 1.165) is 0 Å². The Labute approximate surface area is 102 Å². The molecule has 1 atom stereocenters. The summed E-state index contributed by atoms with van der Waals surface area (Å²) >= 11 is 5.58. The molecule has 1 N–H and O–H groups in total. The molecule has 0 amide bonds. The highest BCUT2D eigenvalue weighted by Crippen LogP contribution is 2.32. The number of rotatable bonds is 4. The Hall–Kier alpha value is -1.20. The Balaban J connectivity index is 2.91. The van der Waals surface area contributed by atoms with Gasteiger partial charge in [-0.2, -0.15) is 8.78 Å². The Kier molecular flexibility index (Phi) is 4.42. The maximum atomic E-state index is 13.4. The van der Waals surface area contributed by atoms with E-state index in [-0.39, 0.29) is 12.2 Å². The van der Waals surface area contributed by atoms with E-state index < -0.39 is 18.0 Å². The molecule has 6 heteroatoms. The number of ether oxygens (including phenoxy) is 1. The van der Waals surface area contributed by atoms with Gasteiger partial charge in [0.2, 0.25) is 0 Å². The number of aliphatic hydroxyl groups excluding tert-OH is 1. The van der Waals surface area contributed by atoms with Crippen molar-refractivity contribution >= 4 is 17.6 Å². The van der Waals surface area contributed by atoms with Crippen LogP contribution in [0.1, 0.15) is 18.6 Å². The van der Waals surface area contributed by atoms with E-state index in [1.54, 1.807) is 0 Å². The van der Waals surface area contributed by atoms with Crippen LogP contribution >= 0.6 is 11.6 Å². The van der Waals surface area contributed by atoms with E-state index in [0.29, 0.717) is 5.02 Å². The highest BCUT2D eigenvalue weighted by atomic mass is 35.5. The lowest BCUT2D eigenvalue weighted by molar-refractivity contribution is -0.189. The van der Waals surface area contributed by atoms with Crippen molar-refractivity contribution in [3.8, 4) is 0 Å². The Bertz CT molecular complexity index is 392. The number of esters is 1. The van der Waals surface area contributed by atoms with Gasteiger partial charge in [-0.25, -0.2) is 4.79 Å². The van der Waals surface area contributed by atoms with Crippen LogP contribution in [-0.4, -0.2) is 23.6 Å². The van der Waals surface area contributed by atoms with Crippen molar-refractivity contribution in [2.75, 3.05) is 6.61 Å². The van der Waals surface area contributed by atoms with Gasteiger partial charge in [-0.1, -0.05) is 23.7 Å². The molecule has 1 rings (SSSR count). The van der Waals surface area contributed by atoms with Gasteiger partial charge in [-0.05, 0) is 24.6 Å².